The zero-order chi connectivity index (χ0) is 15.8. The maximum atomic E-state index is 11.5. The maximum absolute atomic E-state index is 11.5. The third-order valence-electron chi connectivity index (χ3n) is 3.33. The smallest absolute Gasteiger partial charge is 0.153 e. The van der Waals surface area contributed by atoms with Crippen molar-refractivity contribution in [3.8, 4) is 16.9 Å². The molecule has 0 fully saturated rings. The van der Waals surface area contributed by atoms with Crippen LogP contribution in [-0.2, 0) is 11.2 Å². The normalized spacial score (nSPS) is 10.2. The van der Waals surface area contributed by atoms with E-state index in [1.54, 1.807) is 7.11 Å². The van der Waals surface area contributed by atoms with Crippen molar-refractivity contribution in [3.63, 3.8) is 0 Å². The number of carbonyl (C=O) groups is 1. The SMILES string of the molecule is C=CCc1cc(-c2ccccc2)cc(C=O)c1OCCOC. The molecule has 3 nitrogen and oxygen atoms in total. The Balaban J connectivity index is 2.45. The van der Waals surface area contributed by atoms with E-state index in [9.17, 15) is 4.79 Å². The minimum atomic E-state index is 0.409. The van der Waals surface area contributed by atoms with Gasteiger partial charge in [-0.05, 0) is 35.2 Å². The molecule has 0 N–H and O–H groups in total. The van der Waals surface area contributed by atoms with Gasteiger partial charge in [0, 0.05) is 7.11 Å². The first kappa shape index (κ1) is 16.0. The summed E-state index contributed by atoms with van der Waals surface area (Å²) in [4.78, 5) is 11.5. The average Bonchev–Trinajstić information content (AvgIpc) is 2.57. The number of aldehydes is 1. The molecule has 0 amide bonds. The lowest BCUT2D eigenvalue weighted by atomic mass is 9.97. The van der Waals surface area contributed by atoms with Crippen molar-refractivity contribution < 1.29 is 14.3 Å². The average molecular weight is 296 g/mol. The molecule has 0 heterocycles. The summed E-state index contributed by atoms with van der Waals surface area (Å²) in [5.41, 5.74) is 3.57. The fourth-order valence-corrected chi connectivity index (χ4v) is 2.31. The number of benzene rings is 2. The summed E-state index contributed by atoms with van der Waals surface area (Å²) in [7, 11) is 1.62. The highest BCUT2D eigenvalue weighted by atomic mass is 16.5. The van der Waals surface area contributed by atoms with Crippen LogP contribution in [0.2, 0.25) is 0 Å². The van der Waals surface area contributed by atoms with E-state index in [0.717, 1.165) is 23.0 Å². The molecular weight excluding hydrogens is 276 g/mol. The number of hydrogen-bond donors (Lipinski definition) is 0. The minimum Gasteiger partial charge on any atom is -0.490 e. The van der Waals surface area contributed by atoms with Crippen LogP contribution in [0.3, 0.4) is 0 Å². The molecule has 2 rings (SSSR count). The van der Waals surface area contributed by atoms with Crippen molar-refractivity contribution in [1.82, 2.24) is 0 Å². The quantitative estimate of drug-likeness (QED) is 0.421. The second-order valence-electron chi connectivity index (χ2n) is 4.87. The second-order valence-corrected chi connectivity index (χ2v) is 4.87. The van der Waals surface area contributed by atoms with Crippen LogP contribution in [0.5, 0.6) is 5.75 Å². The van der Waals surface area contributed by atoms with Crippen molar-refractivity contribution in [3.05, 3.63) is 66.2 Å². The lowest BCUT2D eigenvalue weighted by Crippen LogP contribution is -2.08. The summed E-state index contributed by atoms with van der Waals surface area (Å²) in [5, 5.41) is 0. The Labute approximate surface area is 131 Å². The van der Waals surface area contributed by atoms with Gasteiger partial charge in [-0.15, -0.1) is 6.58 Å². The van der Waals surface area contributed by atoms with Crippen LogP contribution in [0.25, 0.3) is 11.1 Å². The molecule has 0 saturated heterocycles. The summed E-state index contributed by atoms with van der Waals surface area (Å²) < 4.78 is 10.7. The van der Waals surface area contributed by atoms with Gasteiger partial charge in [-0.2, -0.15) is 0 Å². The van der Waals surface area contributed by atoms with Crippen molar-refractivity contribution >= 4 is 6.29 Å². The van der Waals surface area contributed by atoms with Gasteiger partial charge in [-0.3, -0.25) is 4.79 Å². The summed E-state index contributed by atoms with van der Waals surface area (Å²) in [6, 6.07) is 13.9. The van der Waals surface area contributed by atoms with E-state index in [1.165, 1.54) is 0 Å². The lowest BCUT2D eigenvalue weighted by Gasteiger charge is -2.15. The van der Waals surface area contributed by atoms with Crippen LogP contribution >= 0.6 is 0 Å². The fraction of sp³-hybridized carbons (Fsp3) is 0.211. The van der Waals surface area contributed by atoms with E-state index in [1.807, 2.05) is 48.5 Å². The monoisotopic (exact) mass is 296 g/mol. The molecule has 0 aliphatic carbocycles. The van der Waals surface area contributed by atoms with Gasteiger partial charge in [0.05, 0.1) is 12.2 Å². The Morgan fingerprint density at radius 2 is 1.86 bits per heavy atom. The van der Waals surface area contributed by atoms with Crippen LogP contribution in [0, 0.1) is 0 Å². The molecule has 3 heteroatoms. The van der Waals surface area contributed by atoms with E-state index in [2.05, 4.69) is 6.58 Å². The molecule has 0 atom stereocenters. The Hall–Kier alpha value is -2.39. The van der Waals surface area contributed by atoms with Crippen LogP contribution in [0.4, 0.5) is 0 Å². The molecule has 0 spiro atoms. The van der Waals surface area contributed by atoms with Crippen molar-refractivity contribution in [2.75, 3.05) is 20.3 Å². The van der Waals surface area contributed by atoms with Gasteiger partial charge in [0.25, 0.3) is 0 Å². The van der Waals surface area contributed by atoms with E-state index in [4.69, 9.17) is 9.47 Å². The summed E-state index contributed by atoms with van der Waals surface area (Å²) >= 11 is 0. The highest BCUT2D eigenvalue weighted by Gasteiger charge is 2.12. The molecule has 0 aliphatic rings. The first-order valence-corrected chi connectivity index (χ1v) is 7.20. The van der Waals surface area contributed by atoms with Crippen LogP contribution in [0.15, 0.2) is 55.1 Å². The molecule has 0 bridgehead atoms. The fourth-order valence-electron chi connectivity index (χ4n) is 2.31. The molecule has 114 valence electrons. The maximum Gasteiger partial charge on any atom is 0.153 e. The van der Waals surface area contributed by atoms with Crippen LogP contribution in [-0.4, -0.2) is 26.6 Å². The van der Waals surface area contributed by atoms with Crippen LogP contribution in [0.1, 0.15) is 15.9 Å². The van der Waals surface area contributed by atoms with Gasteiger partial charge in [-0.25, -0.2) is 0 Å². The Morgan fingerprint density at radius 1 is 1.09 bits per heavy atom. The molecule has 0 radical (unpaired) electrons. The van der Waals surface area contributed by atoms with Gasteiger partial charge in [0.15, 0.2) is 6.29 Å². The molecule has 0 aliphatic heterocycles. The summed E-state index contributed by atoms with van der Waals surface area (Å²) in [6.07, 6.45) is 3.28. The van der Waals surface area contributed by atoms with Crippen LogP contribution < -0.4 is 4.74 Å². The standard InChI is InChI=1S/C19H20O3/c1-3-7-16-12-17(15-8-5-4-6-9-15)13-18(14-20)19(16)22-11-10-21-2/h3-6,8-9,12-14H,1,7,10-11H2,2H3. The lowest BCUT2D eigenvalue weighted by molar-refractivity contribution is 0.111. The molecule has 22 heavy (non-hydrogen) atoms. The Morgan fingerprint density at radius 3 is 2.50 bits per heavy atom. The predicted molar refractivity (Wildman–Crippen MR) is 88.5 cm³/mol. The molecule has 0 aromatic heterocycles. The highest BCUT2D eigenvalue weighted by molar-refractivity contribution is 5.84. The first-order chi connectivity index (χ1) is 10.8. The second kappa shape index (κ2) is 8.15. The number of ether oxygens (including phenoxy) is 2. The number of carbonyl (C=O) groups excluding carboxylic acids is 1. The van der Waals surface area contributed by atoms with E-state index in [-0.39, 0.29) is 0 Å². The molecule has 0 saturated carbocycles. The van der Waals surface area contributed by atoms with Gasteiger partial charge >= 0.3 is 0 Å². The zero-order valence-corrected chi connectivity index (χ0v) is 12.7. The topological polar surface area (TPSA) is 35.5 Å². The summed E-state index contributed by atoms with van der Waals surface area (Å²) in [5.74, 6) is 0.617. The van der Waals surface area contributed by atoms with Gasteiger partial charge in [0.2, 0.25) is 0 Å². The van der Waals surface area contributed by atoms with E-state index < -0.39 is 0 Å². The number of hydrogen-bond acceptors (Lipinski definition) is 3. The van der Waals surface area contributed by atoms with Crippen molar-refractivity contribution in [1.29, 1.82) is 0 Å². The third-order valence-corrected chi connectivity index (χ3v) is 3.33. The number of methoxy groups -OCH3 is 1. The molecule has 2 aromatic carbocycles. The Kier molecular flexibility index (Phi) is 5.92. The third kappa shape index (κ3) is 3.83. The first-order valence-electron chi connectivity index (χ1n) is 7.20. The predicted octanol–water partition coefficient (Wildman–Crippen LogP) is 3.92. The Bertz CT molecular complexity index is 633. The largest absolute Gasteiger partial charge is 0.490 e. The molecular formula is C19H20O3. The van der Waals surface area contributed by atoms with Gasteiger partial charge in [0.1, 0.15) is 12.4 Å². The van der Waals surface area contributed by atoms with Crippen molar-refractivity contribution in [2.24, 2.45) is 0 Å². The molecule has 0 unspecified atom stereocenters. The zero-order valence-electron chi connectivity index (χ0n) is 12.7. The minimum absolute atomic E-state index is 0.409. The molecule has 2 aromatic rings. The highest BCUT2D eigenvalue weighted by Crippen LogP contribution is 2.31. The number of allylic oxidation sites excluding steroid dienone is 1. The van der Waals surface area contributed by atoms with E-state index >= 15 is 0 Å². The number of rotatable bonds is 8. The van der Waals surface area contributed by atoms with Crippen molar-refractivity contribution in [2.45, 2.75) is 6.42 Å². The van der Waals surface area contributed by atoms with Gasteiger partial charge < -0.3 is 9.47 Å². The summed E-state index contributed by atoms with van der Waals surface area (Å²) in [6.45, 7) is 4.67. The van der Waals surface area contributed by atoms with E-state index in [0.29, 0.717) is 30.9 Å². The van der Waals surface area contributed by atoms with Gasteiger partial charge in [-0.1, -0.05) is 36.4 Å².